The van der Waals surface area contributed by atoms with Crippen molar-refractivity contribution in [3.63, 3.8) is 0 Å². The number of hydrogen-bond donors (Lipinski definition) is 3. The number of anilines is 1. The monoisotopic (exact) mass is 266 g/mol. The molecule has 0 aliphatic rings. The van der Waals surface area contributed by atoms with Crippen LogP contribution in [0.3, 0.4) is 0 Å². The minimum Gasteiger partial charge on any atom is -0.508 e. The Labute approximate surface area is 111 Å². The fourth-order valence-corrected chi connectivity index (χ4v) is 1.43. The fourth-order valence-electron chi connectivity index (χ4n) is 1.43. The second-order valence-corrected chi connectivity index (χ2v) is 4.34. The first-order chi connectivity index (χ1) is 8.91. The van der Waals surface area contributed by atoms with Crippen LogP contribution in [0.5, 0.6) is 5.75 Å². The van der Waals surface area contributed by atoms with E-state index in [9.17, 15) is 9.59 Å². The molecule has 104 valence electrons. The van der Waals surface area contributed by atoms with Crippen molar-refractivity contribution in [2.24, 2.45) is 5.92 Å². The molecular weight excluding hydrogens is 248 g/mol. The second-order valence-electron chi connectivity index (χ2n) is 4.34. The van der Waals surface area contributed by atoms with Crippen LogP contribution in [0.15, 0.2) is 24.3 Å². The molecule has 0 saturated carbocycles. The third-order valence-corrected chi connectivity index (χ3v) is 2.82. The molecule has 0 heterocycles. The van der Waals surface area contributed by atoms with Gasteiger partial charge in [-0.15, -0.1) is 0 Å². The lowest BCUT2D eigenvalue weighted by Gasteiger charge is -2.18. The predicted octanol–water partition coefficient (Wildman–Crippen LogP) is 1.65. The molecule has 2 amide bonds. The predicted molar refractivity (Wildman–Crippen MR) is 71.3 cm³/mol. The molecule has 0 radical (unpaired) electrons. The highest BCUT2D eigenvalue weighted by Crippen LogP contribution is 2.17. The van der Waals surface area contributed by atoms with Gasteiger partial charge in [-0.1, -0.05) is 6.92 Å². The van der Waals surface area contributed by atoms with E-state index in [4.69, 9.17) is 10.2 Å². The van der Waals surface area contributed by atoms with Crippen LogP contribution in [0.2, 0.25) is 0 Å². The Kier molecular flexibility index (Phi) is 5.17. The fraction of sp³-hybridized carbons (Fsp3) is 0.385. The SMILES string of the molecule is CC(CCNC(=O)N(C)c1ccc(O)cc1)C(=O)O. The number of rotatable bonds is 5. The molecule has 1 rings (SSSR count). The van der Waals surface area contributed by atoms with E-state index in [1.165, 1.54) is 17.0 Å². The largest absolute Gasteiger partial charge is 0.508 e. The van der Waals surface area contributed by atoms with Crippen molar-refractivity contribution in [3.05, 3.63) is 24.3 Å². The molecule has 1 aromatic carbocycles. The van der Waals surface area contributed by atoms with Gasteiger partial charge >= 0.3 is 12.0 Å². The van der Waals surface area contributed by atoms with Crippen molar-refractivity contribution in [2.45, 2.75) is 13.3 Å². The lowest BCUT2D eigenvalue weighted by atomic mass is 10.1. The van der Waals surface area contributed by atoms with Crippen molar-refractivity contribution in [1.82, 2.24) is 5.32 Å². The van der Waals surface area contributed by atoms with Gasteiger partial charge in [-0.2, -0.15) is 0 Å². The molecular formula is C13H18N2O4. The van der Waals surface area contributed by atoms with Crippen molar-refractivity contribution in [3.8, 4) is 5.75 Å². The number of amides is 2. The van der Waals surface area contributed by atoms with Gasteiger partial charge in [0.25, 0.3) is 0 Å². The minimum atomic E-state index is -0.874. The summed E-state index contributed by atoms with van der Waals surface area (Å²) in [4.78, 5) is 23.8. The lowest BCUT2D eigenvalue weighted by molar-refractivity contribution is -0.141. The number of aromatic hydroxyl groups is 1. The molecule has 3 N–H and O–H groups in total. The maximum atomic E-state index is 11.8. The number of carbonyl (C=O) groups excluding carboxylic acids is 1. The van der Waals surface area contributed by atoms with E-state index in [0.717, 1.165) is 0 Å². The van der Waals surface area contributed by atoms with Crippen LogP contribution in [0, 0.1) is 5.92 Å². The number of benzene rings is 1. The summed E-state index contributed by atoms with van der Waals surface area (Å²) in [7, 11) is 1.60. The second kappa shape index (κ2) is 6.63. The van der Waals surface area contributed by atoms with E-state index >= 15 is 0 Å². The first kappa shape index (κ1) is 14.8. The normalized spacial score (nSPS) is 11.7. The van der Waals surface area contributed by atoms with Gasteiger partial charge in [-0.25, -0.2) is 4.79 Å². The molecule has 0 fully saturated rings. The summed E-state index contributed by atoms with van der Waals surface area (Å²) in [5, 5.41) is 20.5. The summed E-state index contributed by atoms with van der Waals surface area (Å²) in [6.45, 7) is 1.90. The van der Waals surface area contributed by atoms with E-state index < -0.39 is 11.9 Å². The number of nitrogens with zero attached hydrogens (tertiary/aromatic N) is 1. The molecule has 0 bridgehead atoms. The van der Waals surface area contributed by atoms with E-state index in [1.807, 2.05) is 0 Å². The smallest absolute Gasteiger partial charge is 0.321 e. The van der Waals surface area contributed by atoms with Gasteiger partial charge in [0.05, 0.1) is 5.92 Å². The Balaban J connectivity index is 2.45. The van der Waals surface area contributed by atoms with Crippen molar-refractivity contribution in [1.29, 1.82) is 0 Å². The molecule has 0 saturated heterocycles. The number of hydrogen-bond acceptors (Lipinski definition) is 3. The summed E-state index contributed by atoms with van der Waals surface area (Å²) in [6, 6.07) is 5.91. The number of phenolic OH excluding ortho intramolecular Hbond substituents is 1. The Morgan fingerprint density at radius 1 is 1.32 bits per heavy atom. The van der Waals surface area contributed by atoms with Gasteiger partial charge in [0.1, 0.15) is 5.75 Å². The third-order valence-electron chi connectivity index (χ3n) is 2.82. The van der Waals surface area contributed by atoms with Crippen molar-refractivity contribution in [2.75, 3.05) is 18.5 Å². The maximum Gasteiger partial charge on any atom is 0.321 e. The standard InChI is InChI=1S/C13H18N2O4/c1-9(12(17)18)7-8-14-13(19)15(2)10-3-5-11(16)6-4-10/h3-6,9,16H,7-8H2,1-2H3,(H,14,19)(H,17,18). The summed E-state index contributed by atoms with van der Waals surface area (Å²) in [5.41, 5.74) is 0.640. The van der Waals surface area contributed by atoms with Gasteiger partial charge in [0, 0.05) is 19.3 Å². The van der Waals surface area contributed by atoms with Crippen LogP contribution in [0.25, 0.3) is 0 Å². The molecule has 0 spiro atoms. The van der Waals surface area contributed by atoms with E-state index in [0.29, 0.717) is 18.7 Å². The molecule has 1 unspecified atom stereocenters. The third kappa shape index (κ3) is 4.50. The average molecular weight is 266 g/mol. The van der Waals surface area contributed by atoms with Gasteiger partial charge < -0.3 is 15.5 Å². The Hall–Kier alpha value is -2.24. The summed E-state index contributed by atoms with van der Waals surface area (Å²) < 4.78 is 0. The number of carboxylic acids is 1. The highest BCUT2D eigenvalue weighted by Gasteiger charge is 2.13. The number of urea groups is 1. The van der Waals surface area contributed by atoms with Crippen LogP contribution in [-0.4, -0.2) is 35.8 Å². The quantitative estimate of drug-likeness (QED) is 0.756. The summed E-state index contributed by atoms with van der Waals surface area (Å²) in [5.74, 6) is -1.23. The molecule has 1 aromatic rings. The zero-order chi connectivity index (χ0) is 14.4. The van der Waals surface area contributed by atoms with E-state index in [1.54, 1.807) is 26.1 Å². The molecule has 0 aliphatic heterocycles. The Bertz CT molecular complexity index is 444. The van der Waals surface area contributed by atoms with Crippen LogP contribution < -0.4 is 10.2 Å². The van der Waals surface area contributed by atoms with Crippen LogP contribution in [-0.2, 0) is 4.79 Å². The Morgan fingerprint density at radius 2 is 1.89 bits per heavy atom. The molecule has 1 atom stereocenters. The zero-order valence-electron chi connectivity index (χ0n) is 11.0. The van der Waals surface area contributed by atoms with Crippen molar-refractivity contribution >= 4 is 17.7 Å². The lowest BCUT2D eigenvalue weighted by Crippen LogP contribution is -2.38. The molecule has 6 heteroatoms. The highest BCUT2D eigenvalue weighted by atomic mass is 16.4. The highest BCUT2D eigenvalue weighted by molar-refractivity contribution is 5.91. The molecule has 0 aromatic heterocycles. The maximum absolute atomic E-state index is 11.8. The summed E-state index contributed by atoms with van der Waals surface area (Å²) >= 11 is 0. The number of carbonyl (C=O) groups is 2. The number of aliphatic carboxylic acids is 1. The average Bonchev–Trinajstić information content (AvgIpc) is 2.38. The number of carboxylic acid groups (broad SMARTS) is 1. The van der Waals surface area contributed by atoms with Crippen LogP contribution >= 0.6 is 0 Å². The van der Waals surface area contributed by atoms with Gasteiger partial charge in [0.15, 0.2) is 0 Å². The van der Waals surface area contributed by atoms with E-state index in [-0.39, 0.29) is 11.8 Å². The molecule has 6 nitrogen and oxygen atoms in total. The zero-order valence-corrected chi connectivity index (χ0v) is 11.0. The molecule has 19 heavy (non-hydrogen) atoms. The first-order valence-electron chi connectivity index (χ1n) is 5.95. The topological polar surface area (TPSA) is 89.9 Å². The number of phenols is 1. The van der Waals surface area contributed by atoms with Crippen molar-refractivity contribution < 1.29 is 19.8 Å². The summed E-state index contributed by atoms with van der Waals surface area (Å²) in [6.07, 6.45) is 0.379. The minimum absolute atomic E-state index is 0.132. The van der Waals surface area contributed by atoms with Crippen LogP contribution in [0.4, 0.5) is 10.5 Å². The van der Waals surface area contributed by atoms with Gasteiger partial charge in [0.2, 0.25) is 0 Å². The van der Waals surface area contributed by atoms with Crippen LogP contribution in [0.1, 0.15) is 13.3 Å². The van der Waals surface area contributed by atoms with E-state index in [2.05, 4.69) is 5.32 Å². The van der Waals surface area contributed by atoms with Gasteiger partial charge in [-0.05, 0) is 30.7 Å². The number of nitrogens with one attached hydrogen (secondary N) is 1. The van der Waals surface area contributed by atoms with Gasteiger partial charge in [-0.3, -0.25) is 9.69 Å². The Morgan fingerprint density at radius 3 is 2.42 bits per heavy atom. The molecule has 0 aliphatic carbocycles. The first-order valence-corrected chi connectivity index (χ1v) is 5.95.